The predicted molar refractivity (Wildman–Crippen MR) is 58.9 cm³/mol. The lowest BCUT2D eigenvalue weighted by molar-refractivity contribution is -0.0885. The maximum absolute atomic E-state index is 12.3. The van der Waals surface area contributed by atoms with Gasteiger partial charge >= 0.3 is 6.18 Å². The maximum Gasteiger partial charge on any atom is 0.454 e. The van der Waals surface area contributed by atoms with Crippen LogP contribution in [0.1, 0.15) is 35.3 Å². The zero-order valence-corrected chi connectivity index (χ0v) is 9.43. The van der Waals surface area contributed by atoms with E-state index < -0.39 is 12.0 Å². The Kier molecular flexibility index (Phi) is 2.42. The van der Waals surface area contributed by atoms with Gasteiger partial charge in [-0.1, -0.05) is 38.1 Å². The van der Waals surface area contributed by atoms with Crippen LogP contribution in [0.25, 0.3) is 6.08 Å². The van der Waals surface area contributed by atoms with Gasteiger partial charge < -0.3 is 0 Å². The van der Waals surface area contributed by atoms with Crippen LogP contribution in [0.4, 0.5) is 13.2 Å². The summed E-state index contributed by atoms with van der Waals surface area (Å²) in [6.07, 6.45) is -1.04. The second-order valence-electron chi connectivity index (χ2n) is 4.68. The van der Waals surface area contributed by atoms with E-state index in [9.17, 15) is 18.0 Å². The van der Waals surface area contributed by atoms with Crippen LogP contribution in [0, 0.1) is 0 Å². The number of ketones is 1. The molecule has 0 unspecified atom stereocenters. The molecule has 0 bridgehead atoms. The van der Waals surface area contributed by atoms with Crippen molar-refractivity contribution in [2.24, 2.45) is 0 Å². The Bertz CT molecular complexity index is 510. The molecule has 0 amide bonds. The first-order chi connectivity index (χ1) is 7.72. The summed E-state index contributed by atoms with van der Waals surface area (Å²) in [5.41, 5.74) is 1.01. The lowest BCUT2D eigenvalue weighted by Gasteiger charge is -2.18. The van der Waals surface area contributed by atoms with Crippen LogP contribution in [0.3, 0.4) is 0 Å². The second kappa shape index (κ2) is 3.45. The van der Waals surface area contributed by atoms with E-state index in [-0.39, 0.29) is 11.0 Å². The average molecular weight is 240 g/mol. The SMILES string of the molecule is CC1(C)C=Cc2ccc(C(=O)C(F)(F)F)cc21. The fourth-order valence-corrected chi connectivity index (χ4v) is 1.95. The fourth-order valence-electron chi connectivity index (χ4n) is 1.95. The van der Waals surface area contributed by atoms with Crippen LogP contribution < -0.4 is 0 Å². The first-order valence-corrected chi connectivity index (χ1v) is 5.17. The molecule has 0 aliphatic heterocycles. The van der Waals surface area contributed by atoms with E-state index in [0.717, 1.165) is 11.1 Å². The Morgan fingerprint density at radius 2 is 1.88 bits per heavy atom. The number of halogens is 3. The number of hydrogen-bond donors (Lipinski definition) is 0. The van der Waals surface area contributed by atoms with Gasteiger partial charge in [0.25, 0.3) is 5.78 Å². The van der Waals surface area contributed by atoms with Crippen molar-refractivity contribution in [1.29, 1.82) is 0 Å². The quantitative estimate of drug-likeness (QED) is 0.683. The number of alkyl halides is 3. The Hall–Kier alpha value is -1.58. The van der Waals surface area contributed by atoms with Gasteiger partial charge in [-0.3, -0.25) is 4.79 Å². The molecule has 2 rings (SSSR count). The molecular formula is C13H11F3O. The normalized spacial score (nSPS) is 17.0. The van der Waals surface area contributed by atoms with Gasteiger partial charge in [-0.15, -0.1) is 0 Å². The third-order valence-electron chi connectivity index (χ3n) is 2.95. The summed E-state index contributed by atoms with van der Waals surface area (Å²) in [4.78, 5) is 11.1. The first-order valence-electron chi connectivity index (χ1n) is 5.17. The third kappa shape index (κ3) is 1.99. The highest BCUT2D eigenvalue weighted by Gasteiger charge is 2.40. The standard InChI is InChI=1S/C13H11F3O/c1-12(2)6-5-8-3-4-9(7-10(8)12)11(17)13(14,15)16/h3-7H,1-2H3. The summed E-state index contributed by atoms with van der Waals surface area (Å²) in [5, 5.41) is 0. The lowest BCUT2D eigenvalue weighted by Crippen LogP contribution is -2.23. The highest BCUT2D eigenvalue weighted by molar-refractivity contribution is 6.00. The van der Waals surface area contributed by atoms with E-state index in [1.165, 1.54) is 12.1 Å². The molecular weight excluding hydrogens is 229 g/mol. The fraction of sp³-hybridized carbons (Fsp3) is 0.308. The number of carbonyl (C=O) groups is 1. The third-order valence-corrected chi connectivity index (χ3v) is 2.95. The summed E-state index contributed by atoms with van der Waals surface area (Å²) in [6.45, 7) is 3.80. The number of rotatable bonds is 1. The van der Waals surface area contributed by atoms with Gasteiger partial charge in [0.1, 0.15) is 0 Å². The molecule has 0 saturated carbocycles. The van der Waals surface area contributed by atoms with Gasteiger partial charge in [-0.25, -0.2) is 0 Å². The average Bonchev–Trinajstić information content (AvgIpc) is 2.52. The van der Waals surface area contributed by atoms with E-state index in [0.29, 0.717) is 0 Å². The molecule has 0 radical (unpaired) electrons. The topological polar surface area (TPSA) is 17.1 Å². The zero-order chi connectivity index (χ0) is 12.8. The van der Waals surface area contributed by atoms with E-state index >= 15 is 0 Å². The van der Waals surface area contributed by atoms with E-state index in [2.05, 4.69) is 0 Å². The smallest absolute Gasteiger partial charge is 0.284 e. The molecule has 4 heteroatoms. The number of benzene rings is 1. The molecule has 0 N–H and O–H groups in total. The maximum atomic E-state index is 12.3. The summed E-state index contributed by atoms with van der Waals surface area (Å²) in [5.74, 6) is -1.79. The van der Waals surface area contributed by atoms with Crippen LogP contribution in [-0.4, -0.2) is 12.0 Å². The highest BCUT2D eigenvalue weighted by atomic mass is 19.4. The number of hydrogen-bond acceptors (Lipinski definition) is 1. The Morgan fingerprint density at radius 1 is 1.24 bits per heavy atom. The van der Waals surface area contributed by atoms with Crippen molar-refractivity contribution in [2.45, 2.75) is 25.4 Å². The van der Waals surface area contributed by atoms with Gasteiger partial charge in [-0.2, -0.15) is 13.2 Å². The number of Topliss-reactive ketones (excluding diaryl/α,β-unsaturated/α-hetero) is 1. The van der Waals surface area contributed by atoms with Crippen molar-refractivity contribution in [1.82, 2.24) is 0 Å². The van der Waals surface area contributed by atoms with Gasteiger partial charge in [0.2, 0.25) is 0 Å². The minimum absolute atomic E-state index is 0.298. The Morgan fingerprint density at radius 3 is 2.47 bits per heavy atom. The van der Waals surface area contributed by atoms with Crippen molar-refractivity contribution in [2.75, 3.05) is 0 Å². The molecule has 1 aliphatic rings. The van der Waals surface area contributed by atoms with Gasteiger partial charge in [0.05, 0.1) is 0 Å². The number of fused-ring (bicyclic) bond motifs is 1. The minimum Gasteiger partial charge on any atom is -0.284 e. The molecule has 0 spiro atoms. The van der Waals surface area contributed by atoms with Crippen molar-refractivity contribution in [3.8, 4) is 0 Å². The molecule has 1 aromatic carbocycles. The van der Waals surface area contributed by atoms with E-state index in [1.807, 2.05) is 26.0 Å². The van der Waals surface area contributed by atoms with Crippen LogP contribution in [0.15, 0.2) is 24.3 Å². The largest absolute Gasteiger partial charge is 0.454 e. The van der Waals surface area contributed by atoms with Gasteiger partial charge in [0.15, 0.2) is 0 Å². The molecule has 0 heterocycles. The molecule has 0 fully saturated rings. The first kappa shape index (κ1) is 11.9. The van der Waals surface area contributed by atoms with Crippen molar-refractivity contribution >= 4 is 11.9 Å². The molecule has 0 saturated heterocycles. The highest BCUT2D eigenvalue weighted by Crippen LogP contribution is 2.36. The summed E-state index contributed by atoms with van der Waals surface area (Å²) < 4.78 is 36.9. The van der Waals surface area contributed by atoms with Crippen molar-refractivity contribution in [3.63, 3.8) is 0 Å². The summed E-state index contributed by atoms with van der Waals surface area (Å²) >= 11 is 0. The van der Waals surface area contributed by atoms with Crippen molar-refractivity contribution < 1.29 is 18.0 Å². The lowest BCUT2D eigenvalue weighted by atomic mass is 9.86. The van der Waals surface area contributed by atoms with Gasteiger partial charge in [0, 0.05) is 11.0 Å². The van der Waals surface area contributed by atoms with E-state index in [1.54, 1.807) is 6.07 Å². The van der Waals surface area contributed by atoms with Crippen LogP contribution in [0.2, 0.25) is 0 Å². The number of allylic oxidation sites excluding steroid dienone is 1. The summed E-state index contributed by atoms with van der Waals surface area (Å²) in [7, 11) is 0. The molecule has 1 aromatic rings. The molecule has 1 nitrogen and oxygen atoms in total. The minimum atomic E-state index is -4.82. The number of carbonyl (C=O) groups excluding carboxylic acids is 1. The Labute approximate surface area is 96.9 Å². The van der Waals surface area contributed by atoms with E-state index in [4.69, 9.17) is 0 Å². The van der Waals surface area contributed by atoms with Crippen LogP contribution >= 0.6 is 0 Å². The molecule has 90 valence electrons. The second-order valence-corrected chi connectivity index (χ2v) is 4.68. The molecule has 0 atom stereocenters. The monoisotopic (exact) mass is 240 g/mol. The summed E-state index contributed by atoms with van der Waals surface area (Å²) in [6, 6.07) is 4.12. The van der Waals surface area contributed by atoms with Crippen molar-refractivity contribution in [3.05, 3.63) is 41.0 Å². The van der Waals surface area contributed by atoms with Gasteiger partial charge in [-0.05, 0) is 17.2 Å². The Balaban J connectivity index is 2.47. The zero-order valence-electron chi connectivity index (χ0n) is 9.43. The molecule has 1 aliphatic carbocycles. The van der Waals surface area contributed by atoms with Crippen LogP contribution in [0.5, 0.6) is 0 Å². The van der Waals surface area contributed by atoms with Crippen LogP contribution in [-0.2, 0) is 5.41 Å². The molecule has 17 heavy (non-hydrogen) atoms. The molecule has 0 aromatic heterocycles. The predicted octanol–water partition coefficient (Wildman–Crippen LogP) is 3.74.